The molecule has 1 aromatic heterocycles. The SMILES string of the molecule is CCOC(=O)c1oc2cc(OCC=Cc3ccccc3)ccc2c(=O)c1-c1ccc(OC)c(OC)c1. The van der Waals surface area contributed by atoms with Crippen LogP contribution in [0.15, 0.2) is 82.0 Å². The van der Waals surface area contributed by atoms with Crippen LogP contribution in [0.5, 0.6) is 17.2 Å². The number of methoxy groups -OCH3 is 2. The average molecular weight is 487 g/mol. The molecule has 3 aromatic carbocycles. The molecule has 36 heavy (non-hydrogen) atoms. The lowest BCUT2D eigenvalue weighted by atomic mass is 10.0. The third-order valence-electron chi connectivity index (χ3n) is 5.45. The van der Waals surface area contributed by atoms with Crippen molar-refractivity contribution in [2.45, 2.75) is 6.92 Å². The van der Waals surface area contributed by atoms with Gasteiger partial charge in [-0.05, 0) is 48.4 Å². The Kier molecular flexibility index (Phi) is 7.70. The lowest BCUT2D eigenvalue weighted by Gasteiger charge is -2.13. The minimum absolute atomic E-state index is 0.0846. The molecule has 0 aliphatic rings. The Morgan fingerprint density at radius 1 is 0.944 bits per heavy atom. The molecule has 0 spiro atoms. The van der Waals surface area contributed by atoms with Crippen LogP contribution in [0.25, 0.3) is 28.2 Å². The third kappa shape index (κ3) is 5.25. The second kappa shape index (κ2) is 11.3. The number of hydrogen-bond acceptors (Lipinski definition) is 7. The van der Waals surface area contributed by atoms with Crippen molar-refractivity contribution in [2.24, 2.45) is 0 Å². The molecule has 0 saturated carbocycles. The minimum atomic E-state index is -0.738. The summed E-state index contributed by atoms with van der Waals surface area (Å²) < 4.78 is 27.6. The van der Waals surface area contributed by atoms with Crippen LogP contribution in [0, 0.1) is 0 Å². The zero-order valence-electron chi connectivity index (χ0n) is 20.3. The molecular formula is C29H26O7. The summed E-state index contributed by atoms with van der Waals surface area (Å²) in [5, 5.41) is 0.306. The molecule has 0 saturated heterocycles. The number of fused-ring (bicyclic) bond motifs is 1. The molecule has 7 nitrogen and oxygen atoms in total. The number of benzene rings is 3. The molecular weight excluding hydrogens is 460 g/mol. The number of rotatable bonds is 9. The van der Waals surface area contributed by atoms with E-state index in [1.165, 1.54) is 14.2 Å². The van der Waals surface area contributed by atoms with Crippen molar-refractivity contribution >= 4 is 23.0 Å². The standard InChI is InChI=1S/C29H26O7/c1-4-34-29(31)28-26(20-12-15-23(32-2)25(17-20)33-3)27(30)22-14-13-21(18-24(22)36-28)35-16-8-11-19-9-6-5-7-10-19/h5-15,17-18H,4,16H2,1-3H3. The Hall–Kier alpha value is -4.52. The molecule has 0 aliphatic carbocycles. The molecule has 0 aliphatic heterocycles. The van der Waals surface area contributed by atoms with Gasteiger partial charge in [0.25, 0.3) is 0 Å². The van der Waals surface area contributed by atoms with Gasteiger partial charge in [-0.15, -0.1) is 0 Å². The number of carbonyl (C=O) groups is 1. The van der Waals surface area contributed by atoms with Gasteiger partial charge in [0.15, 0.2) is 11.5 Å². The summed E-state index contributed by atoms with van der Waals surface area (Å²) in [5.74, 6) is 0.474. The molecule has 184 valence electrons. The van der Waals surface area contributed by atoms with Gasteiger partial charge in [0, 0.05) is 6.07 Å². The quantitative estimate of drug-likeness (QED) is 0.279. The average Bonchev–Trinajstić information content (AvgIpc) is 2.91. The summed E-state index contributed by atoms with van der Waals surface area (Å²) >= 11 is 0. The van der Waals surface area contributed by atoms with E-state index in [9.17, 15) is 9.59 Å². The first kappa shape index (κ1) is 24.6. The van der Waals surface area contributed by atoms with Crippen LogP contribution in [-0.4, -0.2) is 33.4 Å². The fourth-order valence-corrected chi connectivity index (χ4v) is 3.75. The maximum absolute atomic E-state index is 13.5. The van der Waals surface area contributed by atoms with E-state index in [-0.39, 0.29) is 28.9 Å². The summed E-state index contributed by atoms with van der Waals surface area (Å²) in [6.07, 6.45) is 3.84. The monoisotopic (exact) mass is 486 g/mol. The predicted octanol–water partition coefficient (Wildman–Crippen LogP) is 5.75. The van der Waals surface area contributed by atoms with E-state index in [1.54, 1.807) is 43.3 Å². The van der Waals surface area contributed by atoms with Crippen LogP contribution in [0.2, 0.25) is 0 Å². The first-order valence-corrected chi connectivity index (χ1v) is 11.4. The smallest absolute Gasteiger partial charge is 0.375 e. The molecule has 0 unspecified atom stereocenters. The topological polar surface area (TPSA) is 84.2 Å². The van der Waals surface area contributed by atoms with Crippen molar-refractivity contribution in [3.05, 3.63) is 94.4 Å². The molecule has 0 fully saturated rings. The number of ether oxygens (including phenoxy) is 4. The van der Waals surface area contributed by atoms with Gasteiger partial charge < -0.3 is 23.4 Å². The van der Waals surface area contributed by atoms with E-state index >= 15 is 0 Å². The van der Waals surface area contributed by atoms with Crippen molar-refractivity contribution in [1.82, 2.24) is 0 Å². The maximum atomic E-state index is 13.5. The summed E-state index contributed by atoms with van der Waals surface area (Å²) in [7, 11) is 3.01. The van der Waals surface area contributed by atoms with Crippen LogP contribution in [-0.2, 0) is 4.74 Å². The van der Waals surface area contributed by atoms with Gasteiger partial charge in [-0.2, -0.15) is 0 Å². The van der Waals surface area contributed by atoms with Gasteiger partial charge in [-0.3, -0.25) is 4.79 Å². The fraction of sp³-hybridized carbons (Fsp3) is 0.172. The van der Waals surface area contributed by atoms with Crippen molar-refractivity contribution < 1.29 is 28.2 Å². The van der Waals surface area contributed by atoms with E-state index < -0.39 is 5.97 Å². The summed E-state index contributed by atoms with van der Waals surface area (Å²) in [4.78, 5) is 26.3. The van der Waals surface area contributed by atoms with Gasteiger partial charge in [0.05, 0.1) is 31.8 Å². The second-order valence-corrected chi connectivity index (χ2v) is 7.71. The fourth-order valence-electron chi connectivity index (χ4n) is 3.75. The normalized spacial score (nSPS) is 11.0. The van der Waals surface area contributed by atoms with Gasteiger partial charge in [-0.25, -0.2) is 4.79 Å². The summed E-state index contributed by atoms with van der Waals surface area (Å²) in [6.45, 7) is 2.13. The zero-order valence-corrected chi connectivity index (χ0v) is 20.3. The first-order valence-electron chi connectivity index (χ1n) is 11.4. The highest BCUT2D eigenvalue weighted by atomic mass is 16.5. The number of carbonyl (C=O) groups excluding carboxylic acids is 1. The largest absolute Gasteiger partial charge is 0.493 e. The van der Waals surface area contributed by atoms with Gasteiger partial charge in [0.2, 0.25) is 11.2 Å². The van der Waals surface area contributed by atoms with Crippen LogP contribution in [0.4, 0.5) is 0 Å². The van der Waals surface area contributed by atoms with Crippen LogP contribution < -0.4 is 19.6 Å². The van der Waals surface area contributed by atoms with E-state index in [1.807, 2.05) is 42.5 Å². The van der Waals surface area contributed by atoms with Crippen molar-refractivity contribution in [3.63, 3.8) is 0 Å². The van der Waals surface area contributed by atoms with E-state index in [2.05, 4.69) is 0 Å². The van der Waals surface area contributed by atoms with Crippen molar-refractivity contribution in [1.29, 1.82) is 0 Å². The Morgan fingerprint density at radius 3 is 2.44 bits per heavy atom. The second-order valence-electron chi connectivity index (χ2n) is 7.71. The third-order valence-corrected chi connectivity index (χ3v) is 5.45. The summed E-state index contributed by atoms with van der Waals surface area (Å²) in [5.41, 5.74) is 1.44. The highest BCUT2D eigenvalue weighted by molar-refractivity contribution is 5.98. The molecule has 1 heterocycles. The lowest BCUT2D eigenvalue weighted by molar-refractivity contribution is 0.0492. The number of esters is 1. The molecule has 0 radical (unpaired) electrons. The minimum Gasteiger partial charge on any atom is -0.493 e. The molecule has 0 atom stereocenters. The highest BCUT2D eigenvalue weighted by Gasteiger charge is 2.24. The molecule has 0 bridgehead atoms. The van der Waals surface area contributed by atoms with Crippen LogP contribution in [0.1, 0.15) is 23.0 Å². The maximum Gasteiger partial charge on any atom is 0.375 e. The van der Waals surface area contributed by atoms with Crippen LogP contribution >= 0.6 is 0 Å². The number of hydrogen-bond donors (Lipinski definition) is 0. The Morgan fingerprint density at radius 2 is 1.72 bits per heavy atom. The summed E-state index contributed by atoms with van der Waals surface area (Å²) in [6, 6.07) is 19.7. The molecule has 7 heteroatoms. The molecule has 0 amide bonds. The Balaban J connectivity index is 1.72. The van der Waals surface area contributed by atoms with Crippen molar-refractivity contribution in [3.8, 4) is 28.4 Å². The zero-order chi connectivity index (χ0) is 25.5. The van der Waals surface area contributed by atoms with Gasteiger partial charge >= 0.3 is 5.97 Å². The lowest BCUT2D eigenvalue weighted by Crippen LogP contribution is -2.15. The molecule has 4 rings (SSSR count). The van der Waals surface area contributed by atoms with E-state index in [4.69, 9.17) is 23.4 Å². The molecule has 0 N–H and O–H groups in total. The highest BCUT2D eigenvalue weighted by Crippen LogP contribution is 2.34. The first-order chi connectivity index (χ1) is 17.5. The van der Waals surface area contributed by atoms with Gasteiger partial charge in [-0.1, -0.05) is 42.5 Å². The van der Waals surface area contributed by atoms with Gasteiger partial charge in [0.1, 0.15) is 17.9 Å². The Bertz CT molecular complexity index is 1450. The predicted molar refractivity (Wildman–Crippen MR) is 138 cm³/mol. The van der Waals surface area contributed by atoms with Crippen molar-refractivity contribution in [2.75, 3.05) is 27.4 Å². The van der Waals surface area contributed by atoms with E-state index in [0.717, 1.165) is 5.56 Å². The molecule has 4 aromatic rings. The van der Waals surface area contributed by atoms with E-state index in [0.29, 0.717) is 34.8 Å². The Labute approximate surface area is 208 Å². The van der Waals surface area contributed by atoms with Crippen LogP contribution in [0.3, 0.4) is 0 Å².